The standard InChI is InChI=1S/C18H19N3O2S/c1-24-16-6-2-4-13-7-9-20(12-14(13)16)18(22)21-10-11-23-17-15(21)5-3-8-19-17/h2-6,8H,7,9-12H2,1H3. The van der Waals surface area contributed by atoms with Crippen LogP contribution in [0.25, 0.3) is 0 Å². The van der Waals surface area contributed by atoms with Gasteiger partial charge in [0.25, 0.3) is 0 Å². The summed E-state index contributed by atoms with van der Waals surface area (Å²) < 4.78 is 5.56. The van der Waals surface area contributed by atoms with E-state index in [4.69, 9.17) is 4.74 Å². The predicted octanol–water partition coefficient (Wildman–Crippen LogP) is 3.18. The van der Waals surface area contributed by atoms with Gasteiger partial charge in [0.15, 0.2) is 0 Å². The van der Waals surface area contributed by atoms with Crippen LogP contribution >= 0.6 is 11.8 Å². The average Bonchev–Trinajstić information content (AvgIpc) is 2.66. The van der Waals surface area contributed by atoms with Gasteiger partial charge in [-0.05, 0) is 42.0 Å². The van der Waals surface area contributed by atoms with Crippen molar-refractivity contribution in [2.75, 3.05) is 30.9 Å². The minimum absolute atomic E-state index is 0.0362. The second-order valence-corrected chi connectivity index (χ2v) is 6.73. The first-order chi connectivity index (χ1) is 11.8. The van der Waals surface area contributed by atoms with E-state index in [1.807, 2.05) is 17.0 Å². The first-order valence-corrected chi connectivity index (χ1v) is 9.29. The molecular weight excluding hydrogens is 322 g/mol. The Hall–Kier alpha value is -2.21. The maximum absolute atomic E-state index is 13.1. The number of carbonyl (C=O) groups excluding carboxylic acids is 1. The Morgan fingerprint density at radius 2 is 2.17 bits per heavy atom. The topological polar surface area (TPSA) is 45.7 Å². The molecule has 0 saturated carbocycles. The van der Waals surface area contributed by atoms with E-state index in [1.54, 1.807) is 22.9 Å². The van der Waals surface area contributed by atoms with Gasteiger partial charge in [-0.3, -0.25) is 4.90 Å². The van der Waals surface area contributed by atoms with Gasteiger partial charge in [0.1, 0.15) is 12.3 Å². The fourth-order valence-corrected chi connectivity index (χ4v) is 3.98. The number of hydrogen-bond donors (Lipinski definition) is 0. The van der Waals surface area contributed by atoms with Crippen molar-refractivity contribution in [1.82, 2.24) is 9.88 Å². The average molecular weight is 341 g/mol. The minimum Gasteiger partial charge on any atom is -0.474 e. The van der Waals surface area contributed by atoms with E-state index < -0.39 is 0 Å². The van der Waals surface area contributed by atoms with E-state index in [-0.39, 0.29) is 6.03 Å². The maximum Gasteiger partial charge on any atom is 0.325 e. The molecule has 0 atom stereocenters. The molecule has 2 aliphatic rings. The summed E-state index contributed by atoms with van der Waals surface area (Å²) in [5.74, 6) is 0.541. The van der Waals surface area contributed by atoms with Gasteiger partial charge in [-0.1, -0.05) is 12.1 Å². The Morgan fingerprint density at radius 3 is 3.04 bits per heavy atom. The van der Waals surface area contributed by atoms with Gasteiger partial charge in [-0.25, -0.2) is 9.78 Å². The summed E-state index contributed by atoms with van der Waals surface area (Å²) >= 11 is 1.74. The molecule has 1 aromatic heterocycles. The first kappa shape index (κ1) is 15.3. The van der Waals surface area contributed by atoms with Crippen molar-refractivity contribution in [3.05, 3.63) is 47.7 Å². The molecule has 2 amide bonds. The molecule has 0 bridgehead atoms. The van der Waals surface area contributed by atoms with Crippen LogP contribution in [0.3, 0.4) is 0 Å². The molecule has 3 heterocycles. The number of carbonyl (C=O) groups is 1. The molecular formula is C18H19N3O2S. The summed E-state index contributed by atoms with van der Waals surface area (Å²) in [4.78, 5) is 22.3. The molecule has 0 radical (unpaired) electrons. The summed E-state index contributed by atoms with van der Waals surface area (Å²) in [6.45, 7) is 2.45. The number of thioether (sulfide) groups is 1. The van der Waals surface area contributed by atoms with Crippen LogP contribution in [0.4, 0.5) is 10.5 Å². The van der Waals surface area contributed by atoms with Gasteiger partial charge in [-0.15, -0.1) is 11.8 Å². The van der Waals surface area contributed by atoms with Crippen molar-refractivity contribution in [1.29, 1.82) is 0 Å². The highest BCUT2D eigenvalue weighted by Crippen LogP contribution is 2.32. The van der Waals surface area contributed by atoms with Crippen LogP contribution in [-0.2, 0) is 13.0 Å². The Labute approximate surface area is 145 Å². The molecule has 0 unspecified atom stereocenters. The molecule has 0 saturated heterocycles. The molecule has 2 aromatic rings. The van der Waals surface area contributed by atoms with Crippen molar-refractivity contribution < 1.29 is 9.53 Å². The molecule has 0 fully saturated rings. The van der Waals surface area contributed by atoms with Crippen LogP contribution in [-0.4, -0.2) is 41.9 Å². The molecule has 5 nitrogen and oxygen atoms in total. The van der Waals surface area contributed by atoms with E-state index in [2.05, 4.69) is 29.4 Å². The van der Waals surface area contributed by atoms with Crippen molar-refractivity contribution in [2.24, 2.45) is 0 Å². The number of nitrogens with zero attached hydrogens (tertiary/aromatic N) is 3. The van der Waals surface area contributed by atoms with Crippen LogP contribution in [0.2, 0.25) is 0 Å². The Morgan fingerprint density at radius 1 is 1.25 bits per heavy atom. The summed E-state index contributed by atoms with van der Waals surface area (Å²) in [7, 11) is 0. The SMILES string of the molecule is CSc1cccc2c1CN(C(=O)N1CCOc3ncccc31)CC2. The van der Waals surface area contributed by atoms with Crippen LogP contribution in [0.5, 0.6) is 5.88 Å². The molecule has 0 aliphatic carbocycles. The Bertz CT molecular complexity index is 766. The number of fused-ring (bicyclic) bond motifs is 2. The van der Waals surface area contributed by atoms with Crippen LogP contribution in [0.15, 0.2) is 41.4 Å². The normalized spacial score (nSPS) is 16.2. The maximum atomic E-state index is 13.1. The summed E-state index contributed by atoms with van der Waals surface area (Å²) in [6.07, 6.45) is 4.68. The fraction of sp³-hybridized carbons (Fsp3) is 0.333. The lowest BCUT2D eigenvalue weighted by Crippen LogP contribution is -2.48. The fourth-order valence-electron chi connectivity index (χ4n) is 3.33. The second-order valence-electron chi connectivity index (χ2n) is 5.88. The Kier molecular flexibility index (Phi) is 4.06. The number of pyridine rings is 1. The number of amides is 2. The molecule has 0 N–H and O–H groups in total. The number of urea groups is 1. The van der Waals surface area contributed by atoms with E-state index in [1.165, 1.54) is 16.0 Å². The summed E-state index contributed by atoms with van der Waals surface area (Å²) in [6, 6.07) is 10.2. The quantitative estimate of drug-likeness (QED) is 0.748. The van der Waals surface area contributed by atoms with E-state index >= 15 is 0 Å². The number of hydrogen-bond acceptors (Lipinski definition) is 4. The third-order valence-electron chi connectivity index (χ3n) is 4.55. The van der Waals surface area contributed by atoms with Gasteiger partial charge in [0, 0.05) is 24.2 Å². The third-order valence-corrected chi connectivity index (χ3v) is 5.37. The molecule has 24 heavy (non-hydrogen) atoms. The number of rotatable bonds is 1. The number of ether oxygens (including phenoxy) is 1. The van der Waals surface area contributed by atoms with Gasteiger partial charge in [-0.2, -0.15) is 0 Å². The number of benzene rings is 1. The lowest BCUT2D eigenvalue weighted by atomic mass is 10.00. The summed E-state index contributed by atoms with van der Waals surface area (Å²) in [5, 5.41) is 0. The zero-order valence-corrected chi connectivity index (χ0v) is 14.4. The highest BCUT2D eigenvalue weighted by molar-refractivity contribution is 7.98. The van der Waals surface area contributed by atoms with Gasteiger partial charge >= 0.3 is 6.03 Å². The molecule has 0 spiro atoms. The molecule has 6 heteroatoms. The second kappa shape index (κ2) is 6.36. The van der Waals surface area contributed by atoms with Crippen molar-refractivity contribution in [2.45, 2.75) is 17.9 Å². The lowest BCUT2D eigenvalue weighted by Gasteiger charge is -2.36. The van der Waals surface area contributed by atoms with Crippen molar-refractivity contribution in [3.63, 3.8) is 0 Å². The van der Waals surface area contributed by atoms with Crippen LogP contribution in [0.1, 0.15) is 11.1 Å². The molecule has 1 aromatic carbocycles. The van der Waals surface area contributed by atoms with Gasteiger partial charge in [0.2, 0.25) is 5.88 Å². The zero-order chi connectivity index (χ0) is 16.5. The van der Waals surface area contributed by atoms with Crippen LogP contribution < -0.4 is 9.64 Å². The smallest absolute Gasteiger partial charge is 0.325 e. The van der Waals surface area contributed by atoms with E-state index in [0.29, 0.717) is 25.6 Å². The molecule has 2 aliphatic heterocycles. The minimum atomic E-state index is 0.0362. The van der Waals surface area contributed by atoms with Gasteiger partial charge < -0.3 is 9.64 Å². The number of anilines is 1. The highest BCUT2D eigenvalue weighted by Gasteiger charge is 2.30. The largest absolute Gasteiger partial charge is 0.474 e. The number of aromatic nitrogens is 1. The third kappa shape index (κ3) is 2.60. The van der Waals surface area contributed by atoms with Crippen molar-refractivity contribution >= 4 is 23.5 Å². The zero-order valence-electron chi connectivity index (χ0n) is 13.6. The lowest BCUT2D eigenvalue weighted by molar-refractivity contribution is 0.193. The van der Waals surface area contributed by atoms with E-state index in [0.717, 1.165) is 18.7 Å². The monoisotopic (exact) mass is 341 g/mol. The van der Waals surface area contributed by atoms with E-state index in [9.17, 15) is 4.79 Å². The highest BCUT2D eigenvalue weighted by atomic mass is 32.2. The van der Waals surface area contributed by atoms with Gasteiger partial charge in [0.05, 0.1) is 6.54 Å². The molecule has 124 valence electrons. The van der Waals surface area contributed by atoms with Crippen LogP contribution in [0, 0.1) is 0 Å². The first-order valence-electron chi connectivity index (χ1n) is 8.07. The Balaban J connectivity index is 1.61. The van der Waals surface area contributed by atoms with Crippen molar-refractivity contribution in [3.8, 4) is 5.88 Å². The summed E-state index contributed by atoms with van der Waals surface area (Å²) in [5.41, 5.74) is 3.40. The molecule has 4 rings (SSSR count). The predicted molar refractivity (Wildman–Crippen MR) is 94.8 cm³/mol.